The predicted octanol–water partition coefficient (Wildman–Crippen LogP) is 3.36. The molecule has 1 fully saturated rings. The molecule has 1 atom stereocenters. The molecule has 3 aromatic rings. The third-order valence-electron chi connectivity index (χ3n) is 6.02. The van der Waals surface area contributed by atoms with E-state index in [0.717, 1.165) is 32.0 Å². The van der Waals surface area contributed by atoms with E-state index in [1.807, 2.05) is 0 Å². The van der Waals surface area contributed by atoms with Crippen LogP contribution in [0.1, 0.15) is 35.9 Å². The number of alkyl halides is 3. The molecule has 11 heteroatoms. The number of carbonyl (C=O) groups excluding carboxylic acids is 1. The van der Waals surface area contributed by atoms with Gasteiger partial charge >= 0.3 is 6.18 Å². The van der Waals surface area contributed by atoms with Gasteiger partial charge in [0.05, 0.1) is 5.69 Å². The molecule has 0 saturated carbocycles. The fraction of sp³-hybridized carbons (Fsp3) is 0.409. The van der Waals surface area contributed by atoms with E-state index < -0.39 is 17.8 Å². The largest absolute Gasteiger partial charge is 0.454 e. The van der Waals surface area contributed by atoms with E-state index in [4.69, 9.17) is 9.47 Å². The number of likely N-dealkylation sites (N-methyl/N-ethyl adjacent to an activating group) is 1. The van der Waals surface area contributed by atoms with Crippen LogP contribution in [0.2, 0.25) is 0 Å². The number of hydrogen-bond donors (Lipinski definition) is 1. The number of nitrogens with zero attached hydrogens (tertiary/aromatic N) is 4. The van der Waals surface area contributed by atoms with Crippen LogP contribution in [-0.2, 0) is 6.18 Å². The van der Waals surface area contributed by atoms with E-state index in [1.54, 1.807) is 18.2 Å². The number of rotatable bonds is 5. The van der Waals surface area contributed by atoms with Crippen molar-refractivity contribution in [2.24, 2.45) is 0 Å². The molecule has 0 aliphatic carbocycles. The van der Waals surface area contributed by atoms with Crippen LogP contribution in [0.3, 0.4) is 0 Å². The fourth-order valence-corrected chi connectivity index (χ4v) is 4.33. The van der Waals surface area contributed by atoms with Crippen LogP contribution in [0.25, 0.3) is 16.9 Å². The molecule has 5 rings (SSSR count). The van der Waals surface area contributed by atoms with Gasteiger partial charge < -0.3 is 14.8 Å². The molecule has 33 heavy (non-hydrogen) atoms. The van der Waals surface area contributed by atoms with Gasteiger partial charge in [-0.15, -0.1) is 0 Å². The van der Waals surface area contributed by atoms with Crippen molar-refractivity contribution in [1.29, 1.82) is 0 Å². The molecule has 1 saturated heterocycles. The molecule has 4 heterocycles. The van der Waals surface area contributed by atoms with Crippen molar-refractivity contribution in [3.8, 4) is 22.8 Å². The van der Waals surface area contributed by atoms with Crippen molar-refractivity contribution in [3.63, 3.8) is 0 Å². The Morgan fingerprint density at radius 1 is 1.21 bits per heavy atom. The maximum absolute atomic E-state index is 13.8. The summed E-state index contributed by atoms with van der Waals surface area (Å²) in [5, 5.41) is 6.72. The highest BCUT2D eigenvalue weighted by molar-refractivity contribution is 5.93. The van der Waals surface area contributed by atoms with Gasteiger partial charge in [0.2, 0.25) is 6.79 Å². The minimum Gasteiger partial charge on any atom is -0.454 e. The Morgan fingerprint density at radius 3 is 2.82 bits per heavy atom. The van der Waals surface area contributed by atoms with Gasteiger partial charge in [0.1, 0.15) is 0 Å². The summed E-state index contributed by atoms with van der Waals surface area (Å²) in [6, 6.07) is 7.21. The summed E-state index contributed by atoms with van der Waals surface area (Å²) >= 11 is 0. The Hall–Kier alpha value is -3.34. The van der Waals surface area contributed by atoms with Crippen LogP contribution >= 0.6 is 0 Å². The van der Waals surface area contributed by atoms with Gasteiger partial charge in [-0.25, -0.2) is 9.50 Å². The van der Waals surface area contributed by atoms with Crippen molar-refractivity contribution < 1.29 is 27.4 Å². The molecular formula is C22H22F3N5O3. The molecule has 0 bridgehead atoms. The number of halogens is 3. The summed E-state index contributed by atoms with van der Waals surface area (Å²) < 4.78 is 52.8. The zero-order valence-electron chi connectivity index (χ0n) is 17.9. The lowest BCUT2D eigenvalue weighted by Gasteiger charge is -2.22. The maximum Gasteiger partial charge on any atom is 0.433 e. The smallest absolute Gasteiger partial charge is 0.433 e. The number of ether oxygens (including phenoxy) is 2. The fourth-order valence-electron chi connectivity index (χ4n) is 4.33. The first-order chi connectivity index (χ1) is 15.8. The first-order valence-electron chi connectivity index (χ1n) is 10.7. The minimum atomic E-state index is -4.70. The lowest BCUT2D eigenvalue weighted by Crippen LogP contribution is -2.40. The number of carbonyl (C=O) groups is 1. The average molecular weight is 461 g/mol. The topological polar surface area (TPSA) is 81.0 Å². The summed E-state index contributed by atoms with van der Waals surface area (Å²) in [7, 11) is 0. The molecule has 1 aromatic carbocycles. The van der Waals surface area contributed by atoms with Gasteiger partial charge in [-0.2, -0.15) is 18.3 Å². The van der Waals surface area contributed by atoms with Gasteiger partial charge in [0.25, 0.3) is 5.91 Å². The van der Waals surface area contributed by atoms with E-state index in [0.29, 0.717) is 28.1 Å². The van der Waals surface area contributed by atoms with Crippen LogP contribution in [0.5, 0.6) is 11.5 Å². The number of amides is 1. The summed E-state index contributed by atoms with van der Waals surface area (Å²) in [6.07, 6.45) is -2.67. The third kappa shape index (κ3) is 4.08. The lowest BCUT2D eigenvalue weighted by molar-refractivity contribution is -0.142. The van der Waals surface area contributed by atoms with E-state index in [1.165, 1.54) is 6.07 Å². The zero-order valence-corrected chi connectivity index (χ0v) is 17.9. The monoisotopic (exact) mass is 461 g/mol. The second kappa shape index (κ2) is 8.22. The van der Waals surface area contributed by atoms with Gasteiger partial charge in [-0.1, -0.05) is 6.92 Å². The number of aromatic nitrogens is 3. The molecule has 2 aromatic heterocycles. The first-order valence-corrected chi connectivity index (χ1v) is 10.7. The van der Waals surface area contributed by atoms with Crippen molar-refractivity contribution >= 4 is 11.6 Å². The maximum atomic E-state index is 13.8. The summed E-state index contributed by atoms with van der Waals surface area (Å²) in [5.41, 5.74) is -0.687. The molecule has 0 unspecified atom stereocenters. The molecule has 2 aliphatic heterocycles. The van der Waals surface area contributed by atoms with Gasteiger partial charge in [-0.3, -0.25) is 9.69 Å². The van der Waals surface area contributed by atoms with Gasteiger partial charge in [-0.05, 0) is 50.2 Å². The molecule has 2 aliphatic rings. The van der Waals surface area contributed by atoms with Crippen molar-refractivity contribution in [2.75, 3.05) is 26.4 Å². The lowest BCUT2D eigenvalue weighted by atomic mass is 10.1. The highest BCUT2D eigenvalue weighted by atomic mass is 19.4. The van der Waals surface area contributed by atoms with E-state index in [-0.39, 0.29) is 29.9 Å². The zero-order chi connectivity index (χ0) is 23.2. The number of hydrogen-bond acceptors (Lipinski definition) is 6. The Morgan fingerprint density at radius 2 is 2.03 bits per heavy atom. The van der Waals surface area contributed by atoms with E-state index >= 15 is 0 Å². The molecule has 174 valence electrons. The number of benzene rings is 1. The highest BCUT2D eigenvalue weighted by Crippen LogP contribution is 2.37. The predicted molar refractivity (Wildman–Crippen MR) is 112 cm³/mol. The summed E-state index contributed by atoms with van der Waals surface area (Å²) in [4.78, 5) is 19.3. The Labute approximate surface area is 187 Å². The Bertz CT molecular complexity index is 1210. The van der Waals surface area contributed by atoms with E-state index in [9.17, 15) is 18.0 Å². The first kappa shape index (κ1) is 21.5. The Kier molecular flexibility index (Phi) is 5.35. The van der Waals surface area contributed by atoms with Crippen LogP contribution in [-0.4, -0.2) is 57.9 Å². The Balaban J connectivity index is 1.47. The van der Waals surface area contributed by atoms with Gasteiger partial charge in [0, 0.05) is 24.2 Å². The van der Waals surface area contributed by atoms with Crippen LogP contribution < -0.4 is 14.8 Å². The summed E-state index contributed by atoms with van der Waals surface area (Å²) in [5.74, 6) is 0.425. The van der Waals surface area contributed by atoms with Crippen LogP contribution in [0, 0.1) is 0 Å². The number of nitrogens with one attached hydrogen (secondary N) is 1. The van der Waals surface area contributed by atoms with Crippen molar-refractivity contribution in [2.45, 2.75) is 32.0 Å². The molecular weight excluding hydrogens is 439 g/mol. The standard InChI is InChI=1S/C22H22F3N5O3/c1-2-29-7-3-4-14(29)11-26-21(31)16-10-20-27-15(9-19(22(23,24)25)30(20)28-16)13-5-6-17-18(8-13)33-12-32-17/h5-6,8-10,14H,2-4,7,11-12H2,1H3,(H,26,31)/t14-/m0/s1. The molecule has 8 nitrogen and oxygen atoms in total. The minimum absolute atomic E-state index is 0.0526. The molecule has 1 amide bonds. The van der Waals surface area contributed by atoms with Crippen molar-refractivity contribution in [1.82, 2.24) is 24.8 Å². The SMILES string of the molecule is CCN1CCC[C@H]1CNC(=O)c1cc2nc(-c3ccc4c(c3)OCO4)cc(C(F)(F)F)n2n1. The van der Waals surface area contributed by atoms with E-state index in [2.05, 4.69) is 27.2 Å². The van der Waals surface area contributed by atoms with Crippen LogP contribution in [0.4, 0.5) is 13.2 Å². The normalized spacial score (nSPS) is 18.2. The quantitative estimate of drug-likeness (QED) is 0.628. The summed E-state index contributed by atoms with van der Waals surface area (Å²) in [6.45, 7) is 4.40. The average Bonchev–Trinajstić information content (AvgIpc) is 3.54. The molecule has 1 N–H and O–H groups in total. The number of likely N-dealkylation sites (tertiary alicyclic amines) is 1. The van der Waals surface area contributed by atoms with Crippen LogP contribution in [0.15, 0.2) is 30.3 Å². The molecule has 0 radical (unpaired) electrons. The second-order valence-corrected chi connectivity index (χ2v) is 8.03. The second-order valence-electron chi connectivity index (χ2n) is 8.03. The number of fused-ring (bicyclic) bond motifs is 2. The van der Waals surface area contributed by atoms with Gasteiger partial charge in [0.15, 0.2) is 28.5 Å². The highest BCUT2D eigenvalue weighted by Gasteiger charge is 2.36. The van der Waals surface area contributed by atoms with Crippen molar-refractivity contribution in [3.05, 3.63) is 41.7 Å². The molecule has 0 spiro atoms. The third-order valence-corrected chi connectivity index (χ3v) is 6.02.